The smallest absolute Gasteiger partial charge is 0.326 e. The van der Waals surface area contributed by atoms with Gasteiger partial charge in [0.15, 0.2) is 0 Å². The monoisotopic (exact) mass is 330 g/mol. The number of nitrogens with one attached hydrogen (secondary N) is 2. The summed E-state index contributed by atoms with van der Waals surface area (Å²) in [5, 5.41) is 23.4. The van der Waals surface area contributed by atoms with Crippen molar-refractivity contribution in [2.75, 3.05) is 24.3 Å². The van der Waals surface area contributed by atoms with Gasteiger partial charge in [-0.3, -0.25) is 4.79 Å². The van der Waals surface area contributed by atoms with Gasteiger partial charge < -0.3 is 20.6 Å². The van der Waals surface area contributed by atoms with E-state index in [2.05, 4.69) is 10.6 Å². The lowest BCUT2D eigenvalue weighted by Gasteiger charge is -2.17. The summed E-state index contributed by atoms with van der Waals surface area (Å²) in [7, 11) is 3.85. The van der Waals surface area contributed by atoms with Crippen molar-refractivity contribution in [2.45, 2.75) is 19.9 Å². The molecule has 0 bridgehead atoms. The van der Waals surface area contributed by atoms with Crippen LogP contribution < -0.4 is 15.5 Å². The maximum Gasteiger partial charge on any atom is 0.326 e. The van der Waals surface area contributed by atoms with Crippen molar-refractivity contribution in [1.82, 2.24) is 5.32 Å². The molecule has 128 valence electrons. The van der Waals surface area contributed by atoms with Crippen LogP contribution in [0.1, 0.15) is 13.8 Å². The molecule has 3 N–H and O–H groups in total. The standard InChI is InChI=1S/C17H22N4O3/c1-11(2)15(17(23)24)20-16(22)12(9-18)10-19-13-5-7-14(8-6-13)21(3)4/h5-8,10-11,15,19H,1-4H3,(H,20,22)(H,23,24)/b12-10-. The van der Waals surface area contributed by atoms with Crippen LogP contribution in [0.4, 0.5) is 11.4 Å². The zero-order valence-corrected chi connectivity index (χ0v) is 14.2. The first-order valence-electron chi connectivity index (χ1n) is 7.44. The Morgan fingerprint density at radius 3 is 2.25 bits per heavy atom. The number of rotatable bonds is 7. The van der Waals surface area contributed by atoms with Crippen molar-refractivity contribution in [2.24, 2.45) is 5.92 Å². The van der Waals surface area contributed by atoms with Crippen LogP contribution in [0.2, 0.25) is 0 Å². The van der Waals surface area contributed by atoms with Crippen molar-refractivity contribution in [3.8, 4) is 6.07 Å². The van der Waals surface area contributed by atoms with Gasteiger partial charge in [0.05, 0.1) is 0 Å². The molecule has 7 nitrogen and oxygen atoms in total. The summed E-state index contributed by atoms with van der Waals surface area (Å²) in [6.45, 7) is 3.36. The van der Waals surface area contributed by atoms with E-state index in [4.69, 9.17) is 10.4 Å². The summed E-state index contributed by atoms with van der Waals surface area (Å²) in [5.41, 5.74) is 1.53. The van der Waals surface area contributed by atoms with Gasteiger partial charge in [-0.2, -0.15) is 5.26 Å². The summed E-state index contributed by atoms with van der Waals surface area (Å²) in [4.78, 5) is 25.1. The molecule has 0 aliphatic rings. The van der Waals surface area contributed by atoms with E-state index in [9.17, 15) is 9.59 Å². The van der Waals surface area contributed by atoms with Crippen molar-refractivity contribution >= 4 is 23.3 Å². The summed E-state index contributed by atoms with van der Waals surface area (Å²) < 4.78 is 0. The Labute approximate surface area is 141 Å². The number of hydrogen-bond donors (Lipinski definition) is 3. The quantitative estimate of drug-likeness (QED) is 0.520. The van der Waals surface area contributed by atoms with Gasteiger partial charge in [0.25, 0.3) is 5.91 Å². The Morgan fingerprint density at radius 1 is 1.25 bits per heavy atom. The predicted octanol–water partition coefficient (Wildman–Crippen LogP) is 1.80. The van der Waals surface area contributed by atoms with Crippen LogP contribution >= 0.6 is 0 Å². The normalized spacial score (nSPS) is 12.2. The molecular weight excluding hydrogens is 308 g/mol. The van der Waals surface area contributed by atoms with E-state index in [1.54, 1.807) is 19.9 Å². The molecule has 0 fully saturated rings. The first-order valence-corrected chi connectivity index (χ1v) is 7.44. The lowest BCUT2D eigenvalue weighted by Crippen LogP contribution is -2.44. The maximum atomic E-state index is 12.0. The predicted molar refractivity (Wildman–Crippen MR) is 92.5 cm³/mol. The molecule has 0 heterocycles. The molecule has 7 heteroatoms. The van der Waals surface area contributed by atoms with Gasteiger partial charge in [0, 0.05) is 31.7 Å². The lowest BCUT2D eigenvalue weighted by atomic mass is 10.0. The Balaban J connectivity index is 2.81. The Bertz CT molecular complexity index is 657. The van der Waals surface area contributed by atoms with Crippen molar-refractivity contribution < 1.29 is 14.7 Å². The number of amides is 1. The van der Waals surface area contributed by atoms with E-state index in [0.717, 1.165) is 5.69 Å². The van der Waals surface area contributed by atoms with E-state index in [-0.39, 0.29) is 11.5 Å². The second kappa shape index (κ2) is 8.58. The van der Waals surface area contributed by atoms with Gasteiger partial charge in [-0.25, -0.2) is 4.79 Å². The third kappa shape index (κ3) is 5.32. The molecule has 1 aromatic carbocycles. The molecule has 0 aliphatic carbocycles. The third-order valence-electron chi connectivity index (χ3n) is 3.35. The molecule has 1 aromatic rings. The largest absolute Gasteiger partial charge is 0.480 e. The summed E-state index contributed by atoms with van der Waals surface area (Å²) in [6.07, 6.45) is 1.26. The fourth-order valence-electron chi connectivity index (χ4n) is 1.89. The summed E-state index contributed by atoms with van der Waals surface area (Å²) in [5.74, 6) is -2.16. The first kappa shape index (κ1) is 19.0. The van der Waals surface area contributed by atoms with Crippen LogP contribution in [0.15, 0.2) is 36.0 Å². The van der Waals surface area contributed by atoms with Crippen LogP contribution in [-0.4, -0.2) is 37.1 Å². The molecule has 1 unspecified atom stereocenters. The second-order valence-corrected chi connectivity index (χ2v) is 5.79. The number of carbonyl (C=O) groups excluding carboxylic acids is 1. The summed E-state index contributed by atoms with van der Waals surface area (Å²) in [6, 6.07) is 8.13. The van der Waals surface area contributed by atoms with E-state index in [0.29, 0.717) is 5.69 Å². The summed E-state index contributed by atoms with van der Waals surface area (Å²) >= 11 is 0. The second-order valence-electron chi connectivity index (χ2n) is 5.79. The number of carboxylic acids is 1. The number of aliphatic carboxylic acids is 1. The van der Waals surface area contributed by atoms with Crippen molar-refractivity contribution in [3.05, 3.63) is 36.0 Å². The van der Waals surface area contributed by atoms with Crippen LogP contribution in [0.25, 0.3) is 0 Å². The fraction of sp³-hybridized carbons (Fsp3) is 0.353. The van der Waals surface area contributed by atoms with E-state index >= 15 is 0 Å². The molecule has 24 heavy (non-hydrogen) atoms. The number of nitrogens with zero attached hydrogens (tertiary/aromatic N) is 2. The maximum absolute atomic E-state index is 12.0. The fourth-order valence-corrected chi connectivity index (χ4v) is 1.89. The molecule has 0 aliphatic heterocycles. The molecular formula is C17H22N4O3. The molecule has 0 radical (unpaired) electrons. The Kier molecular flexibility index (Phi) is 6.80. The van der Waals surface area contributed by atoms with Crippen molar-refractivity contribution in [3.63, 3.8) is 0 Å². The van der Waals surface area contributed by atoms with Gasteiger partial charge in [0.2, 0.25) is 0 Å². The van der Waals surface area contributed by atoms with E-state index < -0.39 is 17.9 Å². The highest BCUT2D eigenvalue weighted by molar-refractivity contribution is 5.99. The molecule has 0 aromatic heterocycles. The molecule has 0 saturated heterocycles. The average molecular weight is 330 g/mol. The zero-order chi connectivity index (χ0) is 18.3. The number of carboxylic acid groups (broad SMARTS) is 1. The Hall–Kier alpha value is -3.01. The molecule has 1 rings (SSSR count). The highest BCUT2D eigenvalue weighted by Crippen LogP contribution is 2.16. The average Bonchev–Trinajstić information content (AvgIpc) is 2.52. The SMILES string of the molecule is CC(C)C(NC(=O)/C(C#N)=C\Nc1ccc(N(C)C)cc1)C(=O)O. The zero-order valence-electron chi connectivity index (χ0n) is 14.2. The molecule has 0 saturated carbocycles. The Morgan fingerprint density at radius 2 is 1.83 bits per heavy atom. The van der Waals surface area contributed by atoms with Gasteiger partial charge in [-0.15, -0.1) is 0 Å². The van der Waals surface area contributed by atoms with Crippen molar-refractivity contribution in [1.29, 1.82) is 5.26 Å². The first-order chi connectivity index (χ1) is 11.3. The van der Waals surface area contributed by atoms with Crippen LogP contribution in [-0.2, 0) is 9.59 Å². The minimum absolute atomic E-state index is 0.196. The third-order valence-corrected chi connectivity index (χ3v) is 3.35. The van der Waals surface area contributed by atoms with Crippen LogP contribution in [0.3, 0.4) is 0 Å². The number of benzene rings is 1. The van der Waals surface area contributed by atoms with Crippen LogP contribution in [0, 0.1) is 17.2 Å². The number of nitriles is 1. The molecule has 0 spiro atoms. The highest BCUT2D eigenvalue weighted by Gasteiger charge is 2.24. The van der Waals surface area contributed by atoms with E-state index in [1.807, 2.05) is 43.3 Å². The number of hydrogen-bond acceptors (Lipinski definition) is 5. The van der Waals surface area contributed by atoms with Gasteiger partial charge in [0.1, 0.15) is 17.7 Å². The molecule has 1 atom stereocenters. The number of anilines is 2. The lowest BCUT2D eigenvalue weighted by molar-refractivity contribution is -0.142. The number of carbonyl (C=O) groups is 2. The van der Waals surface area contributed by atoms with Crippen LogP contribution in [0.5, 0.6) is 0 Å². The minimum Gasteiger partial charge on any atom is -0.480 e. The van der Waals surface area contributed by atoms with Gasteiger partial charge >= 0.3 is 5.97 Å². The van der Waals surface area contributed by atoms with E-state index in [1.165, 1.54) is 6.20 Å². The minimum atomic E-state index is -1.14. The molecule has 1 amide bonds. The highest BCUT2D eigenvalue weighted by atomic mass is 16.4. The van der Waals surface area contributed by atoms with Gasteiger partial charge in [-0.05, 0) is 30.2 Å². The van der Waals surface area contributed by atoms with Gasteiger partial charge in [-0.1, -0.05) is 13.8 Å². The topological polar surface area (TPSA) is 105 Å².